The number of unbranched alkanes of at least 4 members (excludes halogenated alkanes) is 1. The molecule has 0 aromatic heterocycles. The van der Waals surface area contributed by atoms with Crippen LogP contribution < -0.4 is 0 Å². The molecule has 0 saturated carbocycles. The molecule has 0 aromatic rings. The lowest BCUT2D eigenvalue weighted by Crippen LogP contribution is -2.52. The van der Waals surface area contributed by atoms with Crippen LogP contribution in [-0.2, 0) is 9.59 Å². The minimum atomic E-state index is 0.246. The molecule has 24 heavy (non-hydrogen) atoms. The Labute approximate surface area is 146 Å². The van der Waals surface area contributed by atoms with Crippen LogP contribution in [0.1, 0.15) is 39.5 Å². The standard InChI is InChI=1S/C18H34N4O2/c1-15-13-19(3)9-11-21(15)17(23)7-5-6-8-18(24)22-12-10-20(4)14-16(22)2/h15-16H,5-14H2,1-4H3/t15-,16+. The molecular formula is C18H34N4O2. The van der Waals surface area contributed by atoms with Crippen LogP contribution in [0.5, 0.6) is 0 Å². The van der Waals surface area contributed by atoms with Crippen molar-refractivity contribution in [2.45, 2.75) is 51.6 Å². The summed E-state index contributed by atoms with van der Waals surface area (Å²) < 4.78 is 0. The van der Waals surface area contributed by atoms with Gasteiger partial charge in [0.1, 0.15) is 0 Å². The van der Waals surface area contributed by atoms with Crippen LogP contribution in [0.2, 0.25) is 0 Å². The van der Waals surface area contributed by atoms with E-state index >= 15 is 0 Å². The van der Waals surface area contributed by atoms with Crippen molar-refractivity contribution in [1.82, 2.24) is 19.6 Å². The molecule has 2 aliphatic rings. The van der Waals surface area contributed by atoms with Crippen LogP contribution in [0.25, 0.3) is 0 Å². The van der Waals surface area contributed by atoms with Gasteiger partial charge in [-0.25, -0.2) is 0 Å². The van der Waals surface area contributed by atoms with E-state index in [0.29, 0.717) is 24.9 Å². The Balaban J connectivity index is 1.65. The van der Waals surface area contributed by atoms with Gasteiger partial charge in [0.15, 0.2) is 0 Å². The van der Waals surface area contributed by atoms with Crippen molar-refractivity contribution in [2.75, 3.05) is 53.4 Å². The molecule has 0 bridgehead atoms. The average Bonchev–Trinajstić information content (AvgIpc) is 2.51. The summed E-state index contributed by atoms with van der Waals surface area (Å²) in [5, 5.41) is 0. The molecule has 2 fully saturated rings. The van der Waals surface area contributed by atoms with E-state index in [9.17, 15) is 9.59 Å². The number of rotatable bonds is 5. The smallest absolute Gasteiger partial charge is 0.222 e. The Morgan fingerprint density at radius 2 is 1.12 bits per heavy atom. The van der Waals surface area contributed by atoms with Gasteiger partial charge in [-0.15, -0.1) is 0 Å². The molecule has 0 radical (unpaired) electrons. The van der Waals surface area contributed by atoms with E-state index in [1.54, 1.807) is 0 Å². The molecule has 2 aliphatic heterocycles. The van der Waals surface area contributed by atoms with Crippen LogP contribution in [0.15, 0.2) is 0 Å². The number of hydrogen-bond acceptors (Lipinski definition) is 4. The maximum Gasteiger partial charge on any atom is 0.222 e. The zero-order valence-corrected chi connectivity index (χ0v) is 15.8. The first-order valence-corrected chi connectivity index (χ1v) is 9.34. The number of piperazine rings is 2. The summed E-state index contributed by atoms with van der Waals surface area (Å²) in [6.45, 7) is 9.70. The lowest BCUT2D eigenvalue weighted by atomic mass is 10.1. The zero-order valence-electron chi connectivity index (χ0n) is 15.8. The van der Waals surface area contributed by atoms with Crippen molar-refractivity contribution < 1.29 is 9.59 Å². The molecule has 2 heterocycles. The molecule has 0 unspecified atom stereocenters. The average molecular weight is 338 g/mol. The molecule has 138 valence electrons. The largest absolute Gasteiger partial charge is 0.337 e. The molecule has 0 spiro atoms. The van der Waals surface area contributed by atoms with Crippen molar-refractivity contribution in [1.29, 1.82) is 0 Å². The van der Waals surface area contributed by atoms with Crippen molar-refractivity contribution >= 4 is 11.8 Å². The van der Waals surface area contributed by atoms with E-state index < -0.39 is 0 Å². The summed E-state index contributed by atoms with van der Waals surface area (Å²) in [6, 6.07) is 0.591. The fourth-order valence-corrected chi connectivity index (χ4v) is 3.86. The Morgan fingerprint density at radius 1 is 0.750 bits per heavy atom. The van der Waals surface area contributed by atoms with Gasteiger partial charge in [0.05, 0.1) is 0 Å². The minimum absolute atomic E-state index is 0.246. The fourth-order valence-electron chi connectivity index (χ4n) is 3.86. The third-order valence-corrected chi connectivity index (χ3v) is 5.33. The Morgan fingerprint density at radius 3 is 1.46 bits per heavy atom. The molecule has 0 aliphatic carbocycles. The van der Waals surface area contributed by atoms with Gasteiger partial charge >= 0.3 is 0 Å². The minimum Gasteiger partial charge on any atom is -0.337 e. The van der Waals surface area contributed by atoms with Crippen molar-refractivity contribution in [2.24, 2.45) is 0 Å². The second-order valence-corrected chi connectivity index (χ2v) is 7.60. The quantitative estimate of drug-likeness (QED) is 0.698. The predicted octanol–water partition coefficient (Wildman–Crippen LogP) is 0.872. The van der Waals surface area contributed by atoms with E-state index in [1.165, 1.54) is 0 Å². The second-order valence-electron chi connectivity index (χ2n) is 7.60. The van der Waals surface area contributed by atoms with Gasteiger partial charge < -0.3 is 19.6 Å². The maximum atomic E-state index is 12.4. The SMILES string of the molecule is C[C@@H]1CN(C)CCN1C(=O)CCCCC(=O)N1CCN(C)C[C@@H]1C. The Kier molecular flexibility index (Phi) is 7.04. The normalized spacial score (nSPS) is 26.7. The third kappa shape index (κ3) is 5.18. The molecular weight excluding hydrogens is 304 g/mol. The fraction of sp³-hybridized carbons (Fsp3) is 0.889. The van der Waals surface area contributed by atoms with Crippen LogP contribution in [0, 0.1) is 0 Å². The highest BCUT2D eigenvalue weighted by Gasteiger charge is 2.26. The number of nitrogens with zero attached hydrogens (tertiary/aromatic N) is 4. The highest BCUT2D eigenvalue weighted by atomic mass is 16.2. The van der Waals surface area contributed by atoms with E-state index in [-0.39, 0.29) is 11.8 Å². The van der Waals surface area contributed by atoms with Gasteiger partial charge in [-0.3, -0.25) is 9.59 Å². The van der Waals surface area contributed by atoms with Crippen LogP contribution in [-0.4, -0.2) is 96.9 Å². The first-order valence-electron chi connectivity index (χ1n) is 9.34. The lowest BCUT2D eigenvalue weighted by molar-refractivity contribution is -0.137. The summed E-state index contributed by atoms with van der Waals surface area (Å²) in [5.41, 5.74) is 0. The van der Waals surface area contributed by atoms with Crippen LogP contribution >= 0.6 is 0 Å². The second kappa shape index (κ2) is 8.81. The van der Waals surface area contributed by atoms with Gasteiger partial charge in [-0.05, 0) is 40.8 Å². The summed E-state index contributed by atoms with van der Waals surface area (Å²) in [5.74, 6) is 0.493. The van der Waals surface area contributed by atoms with E-state index in [2.05, 4.69) is 37.7 Å². The number of carbonyl (C=O) groups excluding carboxylic acids is 2. The highest BCUT2D eigenvalue weighted by Crippen LogP contribution is 2.14. The number of hydrogen-bond donors (Lipinski definition) is 0. The summed E-state index contributed by atoms with van der Waals surface area (Å²) in [4.78, 5) is 33.3. The molecule has 6 nitrogen and oxygen atoms in total. The molecule has 2 rings (SSSR count). The molecule has 6 heteroatoms. The Bertz CT molecular complexity index is 403. The van der Waals surface area contributed by atoms with Gasteiger partial charge in [-0.1, -0.05) is 0 Å². The first kappa shape index (κ1) is 19.2. The number of likely N-dealkylation sites (N-methyl/N-ethyl adjacent to an activating group) is 2. The van der Waals surface area contributed by atoms with E-state index in [4.69, 9.17) is 0 Å². The Hall–Kier alpha value is -1.14. The van der Waals surface area contributed by atoms with Crippen molar-refractivity contribution in [3.05, 3.63) is 0 Å². The molecule has 0 aromatic carbocycles. The molecule has 2 atom stereocenters. The van der Waals surface area contributed by atoms with Gasteiger partial charge in [0, 0.05) is 64.2 Å². The van der Waals surface area contributed by atoms with Crippen molar-refractivity contribution in [3.63, 3.8) is 0 Å². The van der Waals surface area contributed by atoms with E-state index in [0.717, 1.165) is 52.1 Å². The van der Waals surface area contributed by atoms with E-state index in [1.807, 2.05) is 9.80 Å². The van der Waals surface area contributed by atoms with Crippen LogP contribution in [0.3, 0.4) is 0 Å². The number of carbonyl (C=O) groups is 2. The number of amides is 2. The maximum absolute atomic E-state index is 12.4. The van der Waals surface area contributed by atoms with Gasteiger partial charge in [0.25, 0.3) is 0 Å². The zero-order chi connectivity index (χ0) is 17.7. The van der Waals surface area contributed by atoms with Gasteiger partial charge in [0.2, 0.25) is 11.8 Å². The summed E-state index contributed by atoms with van der Waals surface area (Å²) in [6.07, 6.45) is 2.76. The van der Waals surface area contributed by atoms with Crippen molar-refractivity contribution in [3.8, 4) is 0 Å². The van der Waals surface area contributed by atoms with Gasteiger partial charge in [-0.2, -0.15) is 0 Å². The monoisotopic (exact) mass is 338 g/mol. The first-order chi connectivity index (χ1) is 11.4. The third-order valence-electron chi connectivity index (χ3n) is 5.33. The van der Waals surface area contributed by atoms with Crippen LogP contribution in [0.4, 0.5) is 0 Å². The lowest BCUT2D eigenvalue weighted by Gasteiger charge is -2.38. The molecule has 2 saturated heterocycles. The molecule has 2 amide bonds. The summed E-state index contributed by atoms with van der Waals surface area (Å²) >= 11 is 0. The topological polar surface area (TPSA) is 47.1 Å². The molecule has 0 N–H and O–H groups in total. The predicted molar refractivity (Wildman–Crippen MR) is 95.8 cm³/mol. The summed E-state index contributed by atoms with van der Waals surface area (Å²) in [7, 11) is 4.20. The highest BCUT2D eigenvalue weighted by molar-refractivity contribution is 5.78.